The van der Waals surface area contributed by atoms with Gasteiger partial charge in [0.2, 0.25) is 5.91 Å². The summed E-state index contributed by atoms with van der Waals surface area (Å²) in [7, 11) is 0. The SMILES string of the molecule is NC(=O)c1ccc(COc2ccc(C(=O)C3CC3)cc2)cc1. The Hall–Kier alpha value is -2.62. The molecule has 1 saturated carbocycles. The zero-order chi connectivity index (χ0) is 15.5. The topological polar surface area (TPSA) is 69.4 Å². The van der Waals surface area contributed by atoms with E-state index in [9.17, 15) is 9.59 Å². The molecular weight excluding hydrogens is 278 g/mol. The Bertz CT molecular complexity index is 685. The van der Waals surface area contributed by atoms with Crippen molar-refractivity contribution in [2.45, 2.75) is 19.4 Å². The second-order valence-electron chi connectivity index (χ2n) is 5.51. The van der Waals surface area contributed by atoms with Crippen LogP contribution >= 0.6 is 0 Å². The average molecular weight is 295 g/mol. The van der Waals surface area contributed by atoms with Crippen LogP contribution < -0.4 is 10.5 Å². The van der Waals surface area contributed by atoms with Crippen LogP contribution in [-0.2, 0) is 6.61 Å². The largest absolute Gasteiger partial charge is 0.489 e. The van der Waals surface area contributed by atoms with Crippen LogP contribution in [0.5, 0.6) is 5.75 Å². The molecule has 0 aliphatic heterocycles. The average Bonchev–Trinajstić information content (AvgIpc) is 3.38. The molecule has 4 heteroatoms. The molecule has 3 rings (SSSR count). The number of hydrogen-bond donors (Lipinski definition) is 1. The van der Waals surface area contributed by atoms with E-state index in [2.05, 4.69) is 0 Å². The van der Waals surface area contributed by atoms with Gasteiger partial charge in [0, 0.05) is 17.0 Å². The number of carbonyl (C=O) groups excluding carboxylic acids is 2. The molecule has 112 valence electrons. The van der Waals surface area contributed by atoms with E-state index in [1.54, 1.807) is 12.1 Å². The van der Waals surface area contributed by atoms with Crippen LogP contribution in [0.25, 0.3) is 0 Å². The lowest BCUT2D eigenvalue weighted by Crippen LogP contribution is -2.10. The van der Waals surface area contributed by atoms with Gasteiger partial charge in [-0.25, -0.2) is 0 Å². The molecule has 22 heavy (non-hydrogen) atoms. The van der Waals surface area contributed by atoms with Gasteiger partial charge in [-0.15, -0.1) is 0 Å². The van der Waals surface area contributed by atoms with Crippen molar-refractivity contribution in [2.75, 3.05) is 0 Å². The van der Waals surface area contributed by atoms with Gasteiger partial charge in [-0.2, -0.15) is 0 Å². The second-order valence-corrected chi connectivity index (χ2v) is 5.51. The van der Waals surface area contributed by atoms with Crippen LogP contribution in [0, 0.1) is 5.92 Å². The Morgan fingerprint density at radius 1 is 0.955 bits per heavy atom. The maximum atomic E-state index is 11.9. The first-order valence-electron chi connectivity index (χ1n) is 7.29. The van der Waals surface area contributed by atoms with Crippen LogP contribution in [0.4, 0.5) is 0 Å². The van der Waals surface area contributed by atoms with Crippen molar-refractivity contribution < 1.29 is 14.3 Å². The molecule has 0 unspecified atom stereocenters. The number of nitrogens with two attached hydrogens (primary N) is 1. The zero-order valence-electron chi connectivity index (χ0n) is 12.1. The lowest BCUT2D eigenvalue weighted by Gasteiger charge is -2.07. The Morgan fingerprint density at radius 3 is 2.09 bits per heavy atom. The minimum Gasteiger partial charge on any atom is -0.489 e. The lowest BCUT2D eigenvalue weighted by molar-refractivity contribution is 0.0965. The van der Waals surface area contributed by atoms with Crippen molar-refractivity contribution in [3.63, 3.8) is 0 Å². The van der Waals surface area contributed by atoms with Gasteiger partial charge in [0.1, 0.15) is 12.4 Å². The van der Waals surface area contributed by atoms with E-state index >= 15 is 0 Å². The molecule has 1 amide bonds. The molecule has 0 atom stereocenters. The van der Waals surface area contributed by atoms with Crippen LogP contribution in [0.3, 0.4) is 0 Å². The third-order valence-corrected chi connectivity index (χ3v) is 3.73. The predicted molar refractivity (Wildman–Crippen MR) is 82.8 cm³/mol. The van der Waals surface area contributed by atoms with Crippen molar-refractivity contribution in [3.05, 3.63) is 65.2 Å². The molecule has 0 spiro atoms. The van der Waals surface area contributed by atoms with E-state index in [0.717, 1.165) is 24.0 Å². The maximum Gasteiger partial charge on any atom is 0.248 e. The molecule has 2 aromatic rings. The summed E-state index contributed by atoms with van der Waals surface area (Å²) in [5, 5.41) is 0. The second kappa shape index (κ2) is 6.02. The summed E-state index contributed by atoms with van der Waals surface area (Å²) >= 11 is 0. The molecule has 0 saturated heterocycles. The standard InChI is InChI=1S/C18H17NO3/c19-18(21)15-3-1-12(2-4-15)11-22-16-9-7-14(8-10-16)17(20)13-5-6-13/h1-4,7-10,13H,5-6,11H2,(H2,19,21). The highest BCUT2D eigenvalue weighted by Crippen LogP contribution is 2.32. The first kappa shape index (κ1) is 14.3. The Morgan fingerprint density at radius 2 is 1.55 bits per heavy atom. The van der Waals surface area contributed by atoms with Crippen LogP contribution in [0.2, 0.25) is 0 Å². The fraction of sp³-hybridized carbons (Fsp3) is 0.222. The quantitative estimate of drug-likeness (QED) is 0.833. The Balaban J connectivity index is 1.58. The van der Waals surface area contributed by atoms with Crippen molar-refractivity contribution in [3.8, 4) is 5.75 Å². The predicted octanol–water partition coefficient (Wildman–Crippen LogP) is 2.96. The fourth-order valence-corrected chi connectivity index (χ4v) is 2.23. The van der Waals surface area contributed by atoms with E-state index in [-0.39, 0.29) is 11.7 Å². The van der Waals surface area contributed by atoms with Crippen LogP contribution in [0.1, 0.15) is 39.1 Å². The minimum absolute atomic E-state index is 0.230. The molecule has 1 aliphatic rings. The molecule has 0 heterocycles. The van der Waals surface area contributed by atoms with Crippen molar-refractivity contribution in [1.29, 1.82) is 0 Å². The van der Waals surface area contributed by atoms with Crippen molar-refractivity contribution in [1.82, 2.24) is 0 Å². The summed E-state index contributed by atoms with van der Waals surface area (Å²) < 4.78 is 5.68. The van der Waals surface area contributed by atoms with Gasteiger partial charge in [-0.3, -0.25) is 9.59 Å². The Labute approximate surface area is 128 Å². The van der Waals surface area contributed by atoms with E-state index in [0.29, 0.717) is 17.9 Å². The summed E-state index contributed by atoms with van der Waals surface area (Å²) in [6.45, 7) is 0.398. The van der Waals surface area contributed by atoms with E-state index in [4.69, 9.17) is 10.5 Å². The van der Waals surface area contributed by atoms with Crippen LogP contribution in [-0.4, -0.2) is 11.7 Å². The number of ketones is 1. The van der Waals surface area contributed by atoms with Gasteiger partial charge in [0.05, 0.1) is 0 Å². The highest BCUT2D eigenvalue weighted by atomic mass is 16.5. The monoisotopic (exact) mass is 295 g/mol. The summed E-state index contributed by atoms with van der Waals surface area (Å²) in [5.41, 5.74) is 7.37. The van der Waals surface area contributed by atoms with Gasteiger partial charge in [0.25, 0.3) is 0 Å². The molecule has 1 fully saturated rings. The van der Waals surface area contributed by atoms with Crippen molar-refractivity contribution in [2.24, 2.45) is 11.7 Å². The van der Waals surface area contributed by atoms with Gasteiger partial charge in [-0.05, 0) is 54.8 Å². The summed E-state index contributed by atoms with van der Waals surface area (Å²) in [4.78, 5) is 22.9. The number of primary amides is 1. The molecule has 0 aromatic heterocycles. The summed E-state index contributed by atoms with van der Waals surface area (Å²) in [5.74, 6) is 0.735. The van der Waals surface area contributed by atoms with Crippen LogP contribution in [0.15, 0.2) is 48.5 Å². The molecule has 4 nitrogen and oxygen atoms in total. The van der Waals surface area contributed by atoms with E-state index < -0.39 is 5.91 Å². The minimum atomic E-state index is -0.441. The van der Waals surface area contributed by atoms with Gasteiger partial charge in [-0.1, -0.05) is 12.1 Å². The first-order chi connectivity index (χ1) is 10.6. The number of rotatable bonds is 6. The normalized spacial score (nSPS) is 13.6. The van der Waals surface area contributed by atoms with Crippen molar-refractivity contribution >= 4 is 11.7 Å². The molecule has 0 radical (unpaired) electrons. The smallest absolute Gasteiger partial charge is 0.248 e. The zero-order valence-corrected chi connectivity index (χ0v) is 12.1. The number of ether oxygens (including phenoxy) is 1. The third kappa shape index (κ3) is 3.34. The lowest BCUT2D eigenvalue weighted by atomic mass is 10.1. The van der Waals surface area contributed by atoms with Gasteiger partial charge in [0.15, 0.2) is 5.78 Å². The highest BCUT2D eigenvalue weighted by Gasteiger charge is 2.30. The van der Waals surface area contributed by atoms with Gasteiger partial charge >= 0.3 is 0 Å². The van der Waals surface area contributed by atoms with Gasteiger partial charge < -0.3 is 10.5 Å². The number of amides is 1. The number of hydrogen-bond acceptors (Lipinski definition) is 3. The molecule has 2 N–H and O–H groups in total. The fourth-order valence-electron chi connectivity index (χ4n) is 2.23. The maximum absolute atomic E-state index is 11.9. The molecule has 1 aliphatic carbocycles. The third-order valence-electron chi connectivity index (χ3n) is 3.73. The molecular formula is C18H17NO3. The van der Waals surface area contributed by atoms with E-state index in [1.165, 1.54) is 0 Å². The first-order valence-corrected chi connectivity index (χ1v) is 7.29. The van der Waals surface area contributed by atoms with E-state index in [1.807, 2.05) is 36.4 Å². The number of Topliss-reactive ketones (excluding diaryl/α,β-unsaturated/α-hetero) is 1. The molecule has 0 bridgehead atoms. The number of benzene rings is 2. The Kier molecular flexibility index (Phi) is 3.92. The molecule has 2 aromatic carbocycles. The summed E-state index contributed by atoms with van der Waals surface area (Å²) in [6.07, 6.45) is 2.02. The summed E-state index contributed by atoms with van der Waals surface area (Å²) in [6, 6.07) is 14.2. The number of carbonyl (C=O) groups is 2. The highest BCUT2D eigenvalue weighted by molar-refractivity contribution is 5.99.